The molecule has 2 N–H and O–H groups in total. The third-order valence-electron chi connectivity index (χ3n) is 3.34. The van der Waals surface area contributed by atoms with Gasteiger partial charge in [-0.25, -0.2) is 0 Å². The Morgan fingerprint density at radius 3 is 2.89 bits per heavy atom. The highest BCUT2D eigenvalue weighted by Crippen LogP contribution is 2.32. The van der Waals surface area contributed by atoms with Crippen molar-refractivity contribution in [2.24, 2.45) is 5.92 Å². The summed E-state index contributed by atoms with van der Waals surface area (Å²) in [6.45, 7) is 5.66. The van der Waals surface area contributed by atoms with E-state index in [9.17, 15) is 9.90 Å². The van der Waals surface area contributed by atoms with Gasteiger partial charge in [0.15, 0.2) is 0 Å². The van der Waals surface area contributed by atoms with E-state index in [1.54, 1.807) is 18.2 Å². The Morgan fingerprint density at radius 1 is 1.67 bits per heavy atom. The minimum atomic E-state index is -0.367. The Kier molecular flexibility index (Phi) is 3.70. The lowest BCUT2D eigenvalue weighted by molar-refractivity contribution is -0.118. The smallest absolute Gasteiger partial charge is 0.250 e. The summed E-state index contributed by atoms with van der Waals surface area (Å²) < 4.78 is 11.1. The van der Waals surface area contributed by atoms with Gasteiger partial charge in [0.1, 0.15) is 18.2 Å². The monoisotopic (exact) mass is 254 g/mol. The number of hydrogen-bond donors (Lipinski definition) is 2. The number of aliphatic hydroxyl groups is 1. The van der Waals surface area contributed by atoms with Gasteiger partial charge in [0.05, 0.1) is 12.7 Å². The Balaban J connectivity index is 2.17. The van der Waals surface area contributed by atoms with Gasteiger partial charge in [-0.1, -0.05) is 13.5 Å². The average Bonchev–Trinajstić information content (AvgIpc) is 2.66. The summed E-state index contributed by atoms with van der Waals surface area (Å²) in [5, 5.41) is 11.9. The van der Waals surface area contributed by atoms with Gasteiger partial charge in [-0.2, -0.15) is 0 Å². The SMILES string of the molecule is C=C1NC(=O)C=CN1C1OC(CO)C(OC)C1C. The molecule has 2 aliphatic rings. The normalized spacial score (nSPS) is 36.1. The van der Waals surface area contributed by atoms with Crippen molar-refractivity contribution in [2.75, 3.05) is 13.7 Å². The van der Waals surface area contributed by atoms with Gasteiger partial charge in [-0.3, -0.25) is 4.79 Å². The van der Waals surface area contributed by atoms with Crippen LogP contribution in [-0.4, -0.2) is 48.1 Å². The van der Waals surface area contributed by atoms with Crippen LogP contribution in [0.4, 0.5) is 0 Å². The number of methoxy groups -OCH3 is 1. The van der Waals surface area contributed by atoms with Crippen molar-refractivity contribution in [2.45, 2.75) is 25.4 Å². The first-order valence-electron chi connectivity index (χ1n) is 5.84. The number of amides is 1. The molecule has 6 heteroatoms. The number of nitrogens with one attached hydrogen (secondary N) is 1. The van der Waals surface area contributed by atoms with E-state index < -0.39 is 0 Å². The van der Waals surface area contributed by atoms with Gasteiger partial charge in [-0.05, 0) is 0 Å². The molecule has 6 nitrogen and oxygen atoms in total. The molecule has 0 aliphatic carbocycles. The highest BCUT2D eigenvalue weighted by molar-refractivity contribution is 5.89. The van der Waals surface area contributed by atoms with Crippen molar-refractivity contribution in [3.63, 3.8) is 0 Å². The number of carbonyl (C=O) groups excluding carboxylic acids is 1. The number of nitrogens with zero attached hydrogens (tertiary/aromatic N) is 1. The van der Waals surface area contributed by atoms with Gasteiger partial charge in [-0.15, -0.1) is 0 Å². The number of hydrogen-bond acceptors (Lipinski definition) is 5. The van der Waals surface area contributed by atoms with Crippen molar-refractivity contribution in [1.29, 1.82) is 0 Å². The minimum absolute atomic E-state index is 0.0450. The van der Waals surface area contributed by atoms with Crippen molar-refractivity contribution < 1.29 is 19.4 Å². The van der Waals surface area contributed by atoms with E-state index >= 15 is 0 Å². The van der Waals surface area contributed by atoms with Crippen LogP contribution in [0.3, 0.4) is 0 Å². The molecule has 0 aromatic heterocycles. The highest BCUT2D eigenvalue weighted by Gasteiger charge is 2.45. The molecule has 4 atom stereocenters. The van der Waals surface area contributed by atoms with Gasteiger partial charge >= 0.3 is 0 Å². The molecule has 0 aromatic rings. The zero-order chi connectivity index (χ0) is 13.3. The Morgan fingerprint density at radius 2 is 2.39 bits per heavy atom. The third kappa shape index (κ3) is 2.14. The summed E-state index contributed by atoms with van der Waals surface area (Å²) in [4.78, 5) is 12.9. The van der Waals surface area contributed by atoms with Crippen LogP contribution in [-0.2, 0) is 14.3 Å². The molecular formula is C12H18N2O4. The van der Waals surface area contributed by atoms with Crippen molar-refractivity contribution in [1.82, 2.24) is 10.2 Å². The molecule has 0 radical (unpaired) electrons. The van der Waals surface area contributed by atoms with Crippen LogP contribution in [0.5, 0.6) is 0 Å². The van der Waals surface area contributed by atoms with Crippen LogP contribution < -0.4 is 5.32 Å². The fourth-order valence-corrected chi connectivity index (χ4v) is 2.44. The predicted molar refractivity (Wildman–Crippen MR) is 64.0 cm³/mol. The zero-order valence-electron chi connectivity index (χ0n) is 10.5. The molecule has 1 saturated heterocycles. The summed E-state index contributed by atoms with van der Waals surface area (Å²) >= 11 is 0. The Hall–Kier alpha value is -1.37. The maximum Gasteiger partial charge on any atom is 0.250 e. The number of carbonyl (C=O) groups is 1. The number of aliphatic hydroxyl groups excluding tert-OH is 1. The standard InChI is InChI=1S/C12H18N2O4/c1-7-11(17-3)9(6-15)18-12(7)14-5-4-10(16)13-8(14)2/h4-5,7,9,11-12,15H,2,6H2,1,3H3,(H,13,16). The predicted octanol–water partition coefficient (Wildman–Crippen LogP) is -0.229. The lowest BCUT2D eigenvalue weighted by Gasteiger charge is -2.33. The van der Waals surface area contributed by atoms with Crippen LogP contribution >= 0.6 is 0 Å². The van der Waals surface area contributed by atoms with Crippen LogP contribution in [0.1, 0.15) is 6.92 Å². The quantitative estimate of drug-likeness (QED) is 0.728. The highest BCUT2D eigenvalue weighted by atomic mass is 16.6. The van der Waals surface area contributed by atoms with Gasteiger partial charge in [0.2, 0.25) is 0 Å². The fraction of sp³-hybridized carbons (Fsp3) is 0.583. The lowest BCUT2D eigenvalue weighted by Crippen LogP contribution is -2.43. The molecule has 2 aliphatic heterocycles. The lowest BCUT2D eigenvalue weighted by atomic mass is 10.0. The molecule has 2 heterocycles. The van der Waals surface area contributed by atoms with E-state index in [4.69, 9.17) is 9.47 Å². The van der Waals surface area contributed by atoms with E-state index in [0.717, 1.165) is 0 Å². The molecule has 1 fully saturated rings. The minimum Gasteiger partial charge on any atom is -0.394 e. The van der Waals surface area contributed by atoms with E-state index in [1.807, 2.05) is 6.92 Å². The van der Waals surface area contributed by atoms with Gasteiger partial charge < -0.3 is 24.8 Å². The largest absolute Gasteiger partial charge is 0.394 e. The van der Waals surface area contributed by atoms with Crippen LogP contribution in [0, 0.1) is 5.92 Å². The Bertz CT molecular complexity index is 382. The van der Waals surface area contributed by atoms with E-state index in [2.05, 4.69) is 11.9 Å². The van der Waals surface area contributed by atoms with Crippen LogP contribution in [0.2, 0.25) is 0 Å². The second-order valence-corrected chi connectivity index (χ2v) is 4.47. The number of rotatable bonds is 3. The molecule has 0 bridgehead atoms. The first kappa shape index (κ1) is 13.1. The van der Waals surface area contributed by atoms with E-state index in [0.29, 0.717) is 5.82 Å². The second kappa shape index (κ2) is 5.09. The maximum atomic E-state index is 11.2. The molecule has 18 heavy (non-hydrogen) atoms. The first-order chi connectivity index (χ1) is 8.58. The van der Waals surface area contributed by atoms with Gasteiger partial charge in [0, 0.05) is 25.3 Å². The summed E-state index contributed by atoms with van der Waals surface area (Å²) in [6, 6.07) is 0. The first-order valence-corrected chi connectivity index (χ1v) is 5.84. The second-order valence-electron chi connectivity index (χ2n) is 4.47. The molecule has 0 saturated carbocycles. The van der Waals surface area contributed by atoms with E-state index in [1.165, 1.54) is 6.08 Å². The summed E-state index contributed by atoms with van der Waals surface area (Å²) in [5.74, 6) is 0.306. The summed E-state index contributed by atoms with van der Waals surface area (Å²) in [7, 11) is 1.60. The summed E-state index contributed by atoms with van der Waals surface area (Å²) in [6.07, 6.45) is 2.19. The molecule has 0 aromatic carbocycles. The molecule has 0 spiro atoms. The van der Waals surface area contributed by atoms with Crippen LogP contribution in [0.25, 0.3) is 0 Å². The van der Waals surface area contributed by atoms with Crippen molar-refractivity contribution in [3.05, 3.63) is 24.7 Å². The molecule has 1 amide bonds. The molecule has 4 unspecified atom stereocenters. The third-order valence-corrected chi connectivity index (χ3v) is 3.34. The maximum absolute atomic E-state index is 11.2. The zero-order valence-corrected chi connectivity index (χ0v) is 10.5. The molecular weight excluding hydrogens is 236 g/mol. The number of ether oxygens (including phenoxy) is 2. The van der Waals surface area contributed by atoms with Gasteiger partial charge in [0.25, 0.3) is 5.91 Å². The Labute approximate surface area is 106 Å². The molecule has 100 valence electrons. The average molecular weight is 254 g/mol. The summed E-state index contributed by atoms with van der Waals surface area (Å²) in [5.41, 5.74) is 0. The molecule has 2 rings (SSSR count). The topological polar surface area (TPSA) is 71.0 Å². The van der Waals surface area contributed by atoms with Crippen molar-refractivity contribution in [3.8, 4) is 0 Å². The van der Waals surface area contributed by atoms with Crippen LogP contribution in [0.15, 0.2) is 24.7 Å². The fourth-order valence-electron chi connectivity index (χ4n) is 2.44. The van der Waals surface area contributed by atoms with E-state index in [-0.39, 0.29) is 36.9 Å². The van der Waals surface area contributed by atoms with Crippen molar-refractivity contribution >= 4 is 5.91 Å².